The zero-order valence-corrected chi connectivity index (χ0v) is 87.6. The van der Waals surface area contributed by atoms with Crippen LogP contribution in [0.5, 0.6) is 0 Å². The highest BCUT2D eigenvalue weighted by Crippen LogP contribution is 2.31. The molecule has 7 aromatic heterocycles. The average Bonchev–Trinajstić information content (AvgIpc) is 0.915. The van der Waals surface area contributed by atoms with Crippen molar-refractivity contribution in [2.75, 3.05) is 138 Å². The second-order valence-electron chi connectivity index (χ2n) is 41.2. The minimum atomic E-state index is -0.369. The lowest BCUT2D eigenvalue weighted by atomic mass is 9.91. The predicted molar refractivity (Wildman–Crippen MR) is 591 cm³/mol. The zero-order chi connectivity index (χ0) is 106. The van der Waals surface area contributed by atoms with Crippen LogP contribution >= 0.6 is 23.2 Å². The van der Waals surface area contributed by atoms with E-state index in [0.717, 1.165) is 250 Å². The van der Waals surface area contributed by atoms with Crippen LogP contribution < -0.4 is 38.9 Å². The van der Waals surface area contributed by atoms with E-state index in [-0.39, 0.29) is 138 Å². The van der Waals surface area contributed by atoms with Crippen LogP contribution in [0.15, 0.2) is 203 Å². The number of aliphatic hydroxyl groups excluding tert-OH is 9. The van der Waals surface area contributed by atoms with E-state index in [2.05, 4.69) is 88.2 Å². The normalized spacial score (nSPS) is 20.9. The highest BCUT2D eigenvalue weighted by atomic mass is 35.5. The highest BCUT2D eigenvalue weighted by Gasteiger charge is 2.34. The number of aromatic amines is 7. The van der Waals surface area contributed by atoms with Gasteiger partial charge in [-0.15, -0.1) is 0 Å². The standard InChI is InChI=1S/C19H26N2O2.C18H24N2O3.C17H22N2O3.C16H19ClN2O2.C16H19FN2O2.C15H17ClN2O2.C15H17FN2O2/c1-13-5-3-7-16-17(13)11-15(20-19(16)23)8-10-21-9-4-6-14(2)18(21)12-22;1-12-4-2-6-16-17(12)8-13(19-18(16)23)5-3-7-20-10-15(22)9-14(20)11-21;1-11-3-2-4-15-16(11)7-12(18-17(15)22)5-6-19-9-14(21)8-13(19)10-20;2*17-15-5-1-4-13-14(15)9-11(18-16(13)21)6-8-19-7-2-3-12(19)10-20;2*16-14-3-1-2-12-13(14)8-10(17-15(12)20)4-6-18-7-5-11(19)9-18/h3,5,7,11,14,18,22H,4,6,8-10,12H2,1-2H3,(H,20,23);2,4,6,8,14-15,21-22H,3,5,7,9-11H2,1H3,(H,19,23);2-4,7,13-14,20-21H,5-6,8-10H2,1H3,(H,18,22);2*1,4-5,9,12,20H,2-3,6-8,10H2,(H,18,21);2*1-3,8,11,19H,4-7,9H2,(H,17,20)/t14-,18-;14-,15-;13-,14-;2*12-;2*11-/m0101111/s1. The van der Waals surface area contributed by atoms with Crippen molar-refractivity contribution in [2.45, 2.75) is 198 Å². The van der Waals surface area contributed by atoms with Crippen molar-refractivity contribution in [1.29, 1.82) is 0 Å². The molecule has 0 unspecified atom stereocenters. The lowest BCUT2D eigenvalue weighted by molar-refractivity contribution is 0.0538. The number of nitrogens with zero attached hydrogens (tertiary/aromatic N) is 7. The molecule has 802 valence electrons. The lowest BCUT2D eigenvalue weighted by Gasteiger charge is -2.39. The van der Waals surface area contributed by atoms with Gasteiger partial charge in [0.15, 0.2) is 0 Å². The van der Waals surface area contributed by atoms with Crippen LogP contribution in [0.25, 0.3) is 75.4 Å². The number of pyridine rings is 7. The summed E-state index contributed by atoms with van der Waals surface area (Å²) in [6.45, 7) is 22.0. The van der Waals surface area contributed by atoms with Crippen LogP contribution in [-0.4, -0.2) is 308 Å². The Labute approximate surface area is 879 Å². The number of aliphatic hydroxyl groups is 9. The van der Waals surface area contributed by atoms with Gasteiger partial charge in [0, 0.05) is 256 Å². The molecule has 0 bridgehead atoms. The molecular weight excluding hydrogens is 1950 g/mol. The Balaban J connectivity index is 0.000000131. The summed E-state index contributed by atoms with van der Waals surface area (Å²) in [6, 6.07) is 51.5. The predicted octanol–water partition coefficient (Wildman–Crippen LogP) is 11.4. The molecule has 0 saturated carbocycles. The largest absolute Gasteiger partial charge is 0.395 e. The van der Waals surface area contributed by atoms with Gasteiger partial charge < -0.3 is 90.6 Å². The maximum absolute atomic E-state index is 13.8. The van der Waals surface area contributed by atoms with Crippen LogP contribution in [-0.2, 0) is 44.9 Å². The molecule has 34 heteroatoms. The summed E-state index contributed by atoms with van der Waals surface area (Å²) in [5.74, 6) is -0.202. The number of piperidine rings is 1. The highest BCUT2D eigenvalue weighted by molar-refractivity contribution is 6.36. The van der Waals surface area contributed by atoms with Gasteiger partial charge in [0.1, 0.15) is 11.6 Å². The molecule has 10 atom stereocenters. The van der Waals surface area contributed by atoms with Crippen LogP contribution in [0.2, 0.25) is 10.0 Å². The number of β-amino-alcohol motifs (C(OH)–C–C–N with tert-alkyl or cyclic N) is 4. The Hall–Kier alpha value is -11.2. The molecule has 14 heterocycles. The van der Waals surface area contributed by atoms with Crippen LogP contribution in [0.1, 0.15) is 134 Å². The molecule has 7 aromatic carbocycles. The van der Waals surface area contributed by atoms with Gasteiger partial charge in [0.2, 0.25) is 0 Å². The Morgan fingerprint density at radius 2 is 0.580 bits per heavy atom. The number of aryl methyl sites for hydroxylation is 4. The summed E-state index contributed by atoms with van der Waals surface area (Å²) >= 11 is 12.3. The van der Waals surface area contributed by atoms with Crippen molar-refractivity contribution in [1.82, 2.24) is 69.2 Å². The minimum Gasteiger partial charge on any atom is -0.395 e. The third-order valence-corrected chi connectivity index (χ3v) is 31.4. The molecule has 7 fully saturated rings. The van der Waals surface area contributed by atoms with Gasteiger partial charge in [0.05, 0.1) is 57.5 Å². The van der Waals surface area contributed by atoms with Crippen molar-refractivity contribution < 1.29 is 54.7 Å². The SMILES string of the molecule is Cc1cccc2c(=O)[nH]c(CCCN3C[C@H](O)C[C@@H]3CO)cc12.Cc1cccc2c(=O)[nH]c(CCN3CCC[C@H](C)[C@@H]3CO)cc12.Cc1cccc2c(=O)[nH]c(CCN3C[C@@H](O)C[C@H]3CO)cc12.O=c1[nH]c(CCN2CCC[C@@H]2CO)cc2c(Cl)cccc12.O=c1[nH]c(CCN2CCC[C@@H]2CO)cc2c(F)cccc12.O=c1[nH]c(CCN2CC[C@@H](O)C2)cc2c(Cl)cccc12.O=c1[nH]c(CCN2CC[C@@H](O)C2)cc2c(F)cccc12. The van der Waals surface area contributed by atoms with Gasteiger partial charge >= 0.3 is 0 Å². The number of benzene rings is 7. The molecule has 21 rings (SSSR count). The molecule has 14 aromatic rings. The third kappa shape index (κ3) is 29.4. The molecule has 0 radical (unpaired) electrons. The average molecular weight is 2100 g/mol. The van der Waals surface area contributed by atoms with Crippen molar-refractivity contribution in [3.05, 3.63) is 321 Å². The molecule has 7 saturated heterocycles. The smallest absolute Gasteiger partial charge is 0.256 e. The Morgan fingerprint density at radius 1 is 0.293 bits per heavy atom. The summed E-state index contributed by atoms with van der Waals surface area (Å²) in [5, 5.41) is 96.2. The Bertz CT molecular complexity index is 7150. The fourth-order valence-corrected chi connectivity index (χ4v) is 22.8. The quantitative estimate of drug-likeness (QED) is 0.0227. The van der Waals surface area contributed by atoms with Gasteiger partial charge in [0.25, 0.3) is 38.9 Å². The van der Waals surface area contributed by atoms with E-state index in [4.69, 9.17) is 23.2 Å². The van der Waals surface area contributed by atoms with Crippen LogP contribution in [0.3, 0.4) is 0 Å². The number of halogens is 4. The molecule has 16 N–H and O–H groups in total. The van der Waals surface area contributed by atoms with Gasteiger partial charge in [-0.05, 0) is 272 Å². The van der Waals surface area contributed by atoms with Gasteiger partial charge in [-0.1, -0.05) is 90.8 Å². The summed E-state index contributed by atoms with van der Waals surface area (Å²) in [6.07, 6.45) is 14.4. The van der Waals surface area contributed by atoms with E-state index in [1.807, 2.05) is 93.6 Å². The number of fused-ring (bicyclic) bond motifs is 7. The van der Waals surface area contributed by atoms with E-state index >= 15 is 0 Å². The number of hydrogen-bond donors (Lipinski definition) is 16. The van der Waals surface area contributed by atoms with E-state index in [1.165, 1.54) is 31.0 Å². The number of likely N-dealkylation sites (tertiary alicyclic amines) is 7. The molecule has 0 aliphatic carbocycles. The van der Waals surface area contributed by atoms with Crippen molar-refractivity contribution in [2.24, 2.45) is 5.92 Å². The van der Waals surface area contributed by atoms with Gasteiger partial charge in [-0.2, -0.15) is 0 Å². The monoisotopic (exact) mass is 2100 g/mol. The number of nitrogens with one attached hydrogen (secondary N) is 7. The summed E-state index contributed by atoms with van der Waals surface area (Å²) in [4.78, 5) is 121. The number of hydrogen-bond acceptors (Lipinski definition) is 23. The van der Waals surface area contributed by atoms with E-state index in [9.17, 15) is 88.3 Å². The van der Waals surface area contributed by atoms with Crippen molar-refractivity contribution in [3.8, 4) is 0 Å². The second-order valence-corrected chi connectivity index (χ2v) is 42.1. The number of rotatable bonds is 27. The third-order valence-electron chi connectivity index (χ3n) is 30.8. The Morgan fingerprint density at radius 3 is 0.927 bits per heavy atom. The van der Waals surface area contributed by atoms with Gasteiger partial charge in [-0.25, -0.2) is 8.78 Å². The lowest BCUT2D eigenvalue weighted by Crippen LogP contribution is -2.47. The van der Waals surface area contributed by atoms with Gasteiger partial charge in [-0.3, -0.25) is 58.1 Å². The van der Waals surface area contributed by atoms with E-state index in [1.54, 1.807) is 66.7 Å². The second kappa shape index (κ2) is 53.9. The molecule has 7 aliphatic heterocycles. The topological polar surface area (TPSA) is 435 Å². The van der Waals surface area contributed by atoms with E-state index in [0.29, 0.717) is 105 Å². The maximum Gasteiger partial charge on any atom is 0.256 e. The first-order valence-electron chi connectivity index (χ1n) is 52.9. The first kappa shape index (κ1) is 113. The van der Waals surface area contributed by atoms with Crippen molar-refractivity contribution >= 4 is 98.6 Å². The van der Waals surface area contributed by atoms with Crippen LogP contribution in [0, 0.1) is 38.3 Å². The summed E-state index contributed by atoms with van der Waals surface area (Å²) in [7, 11) is 0. The zero-order valence-electron chi connectivity index (χ0n) is 86.0. The number of H-pyrrole nitrogens is 7. The molecule has 0 spiro atoms. The molecule has 0 amide bonds. The fourth-order valence-electron chi connectivity index (χ4n) is 22.3. The molecule has 150 heavy (non-hydrogen) atoms. The van der Waals surface area contributed by atoms with E-state index < -0.39 is 0 Å². The fraction of sp³-hybridized carbons (Fsp3) is 0.457. The first-order valence-corrected chi connectivity index (χ1v) is 53.6. The summed E-state index contributed by atoms with van der Waals surface area (Å²) in [5.41, 5.74) is 8.61. The molecular formula is C116H144Cl2F2N14O16. The minimum absolute atomic E-state index is 0.00748. The van der Waals surface area contributed by atoms with Crippen LogP contribution in [0.4, 0.5) is 8.78 Å². The Kier molecular flexibility index (Phi) is 40.5. The summed E-state index contributed by atoms with van der Waals surface area (Å²) < 4.78 is 27.6. The first-order chi connectivity index (χ1) is 72.4. The van der Waals surface area contributed by atoms with Crippen molar-refractivity contribution in [3.63, 3.8) is 0 Å². The molecule has 30 nitrogen and oxygen atoms in total. The maximum atomic E-state index is 13.8. The number of aromatic nitrogens is 7. The molecule has 7 aliphatic rings.